The second-order valence-electron chi connectivity index (χ2n) is 9.36. The minimum Gasteiger partial charge on any atom is -0.459 e. The number of hydrogen-bond donors (Lipinski definition) is 2. The number of nitrogens with zero attached hydrogens (tertiary/aromatic N) is 3. The van der Waals surface area contributed by atoms with E-state index in [1.165, 1.54) is 28.6 Å². The largest absolute Gasteiger partial charge is 0.459 e. The molecule has 4 rings (SSSR count). The predicted molar refractivity (Wildman–Crippen MR) is 148 cm³/mol. The van der Waals surface area contributed by atoms with Crippen molar-refractivity contribution >= 4 is 57.2 Å². The summed E-state index contributed by atoms with van der Waals surface area (Å²) in [6, 6.07) is 0. The van der Waals surface area contributed by atoms with Gasteiger partial charge in [-0.3, -0.25) is 9.59 Å². The first-order valence-corrected chi connectivity index (χ1v) is 14.9. The van der Waals surface area contributed by atoms with Gasteiger partial charge in [-0.15, -0.1) is 32.9 Å². The van der Waals surface area contributed by atoms with Gasteiger partial charge in [-0.2, -0.15) is 0 Å². The Kier molecular flexibility index (Phi) is 8.39. The molecule has 0 radical (unpaired) electrons. The van der Waals surface area contributed by atoms with E-state index >= 15 is 0 Å². The van der Waals surface area contributed by atoms with E-state index in [1.54, 1.807) is 32.1 Å². The molecule has 0 saturated heterocycles. The fourth-order valence-electron chi connectivity index (χ4n) is 4.39. The highest BCUT2D eigenvalue weighted by atomic mass is 32.2. The Morgan fingerprint density at radius 3 is 2.76 bits per heavy atom. The van der Waals surface area contributed by atoms with Crippen molar-refractivity contribution < 1.29 is 19.1 Å². The van der Waals surface area contributed by atoms with Crippen molar-refractivity contribution in [2.45, 2.75) is 71.7 Å². The van der Waals surface area contributed by atoms with Crippen molar-refractivity contribution in [3.8, 4) is 11.4 Å². The molecule has 1 aliphatic rings. The van der Waals surface area contributed by atoms with Crippen molar-refractivity contribution in [3.05, 3.63) is 31.8 Å². The maximum Gasteiger partial charge on any atom is 0.341 e. The van der Waals surface area contributed by atoms with Crippen LogP contribution in [-0.2, 0) is 28.9 Å². The highest BCUT2D eigenvalue weighted by molar-refractivity contribution is 7.99. The summed E-state index contributed by atoms with van der Waals surface area (Å²) in [5.41, 5.74) is 8.54. The molecule has 9 nitrogen and oxygen atoms in total. The summed E-state index contributed by atoms with van der Waals surface area (Å²) in [4.78, 5) is 39.0. The topological polar surface area (TPSA) is 129 Å². The van der Waals surface area contributed by atoms with Crippen LogP contribution < -0.4 is 11.1 Å². The number of carbonyl (C=O) groups excluding carboxylic acids is 3. The van der Waals surface area contributed by atoms with Gasteiger partial charge >= 0.3 is 5.97 Å². The average Bonchev–Trinajstić information content (AvgIpc) is 3.51. The van der Waals surface area contributed by atoms with E-state index in [0.29, 0.717) is 23.2 Å². The second-order valence-corrected chi connectivity index (χ2v) is 12.3. The molecule has 0 aliphatic heterocycles. The number of esters is 1. The van der Waals surface area contributed by atoms with Crippen molar-refractivity contribution in [1.82, 2.24) is 14.8 Å². The first-order valence-electron chi connectivity index (χ1n) is 12.2. The van der Waals surface area contributed by atoms with Crippen LogP contribution in [0.2, 0.25) is 0 Å². The Labute approximate surface area is 228 Å². The number of thiophene rings is 2. The molecular weight excluding hydrogens is 531 g/mol. The number of ether oxygens (including phenoxy) is 1. The molecule has 37 heavy (non-hydrogen) atoms. The maximum absolute atomic E-state index is 12.9. The number of fused-ring (bicyclic) bond motifs is 1. The Bertz CT molecular complexity index is 1340. The van der Waals surface area contributed by atoms with Gasteiger partial charge in [0.1, 0.15) is 5.00 Å². The first kappa shape index (κ1) is 27.3. The monoisotopic (exact) mass is 561 g/mol. The van der Waals surface area contributed by atoms with Gasteiger partial charge in [0.2, 0.25) is 5.91 Å². The average molecular weight is 562 g/mol. The number of amides is 2. The van der Waals surface area contributed by atoms with Crippen molar-refractivity contribution in [1.29, 1.82) is 0 Å². The highest BCUT2D eigenvalue weighted by Crippen LogP contribution is 2.38. The van der Waals surface area contributed by atoms with Crippen LogP contribution in [0.3, 0.4) is 0 Å². The number of thioether (sulfide) groups is 1. The minimum absolute atomic E-state index is 0.0545. The predicted octanol–water partition coefficient (Wildman–Crippen LogP) is 4.92. The third kappa shape index (κ3) is 5.75. The van der Waals surface area contributed by atoms with E-state index in [4.69, 9.17) is 10.5 Å². The molecule has 0 spiro atoms. The SMILES string of the molecule is CCn1c(SCC(=O)Nc2sc(C(N)=O)c(C)c2C(=O)OC(C)C)nnc1-c1csc2c1CCC(C)C2. The number of anilines is 1. The van der Waals surface area contributed by atoms with Crippen LogP contribution in [0.4, 0.5) is 5.00 Å². The fourth-order valence-corrected chi connectivity index (χ4v) is 7.50. The highest BCUT2D eigenvalue weighted by Gasteiger charge is 2.27. The normalized spacial score (nSPS) is 15.0. The van der Waals surface area contributed by atoms with Gasteiger partial charge in [0, 0.05) is 22.4 Å². The zero-order valence-electron chi connectivity index (χ0n) is 21.5. The molecule has 1 atom stereocenters. The third-order valence-corrected chi connectivity index (χ3v) is 9.42. The number of primary amides is 1. The molecule has 2 amide bonds. The first-order chi connectivity index (χ1) is 17.6. The lowest BCUT2D eigenvalue weighted by Crippen LogP contribution is -2.18. The maximum atomic E-state index is 12.9. The molecule has 0 saturated carbocycles. The number of rotatable bonds is 9. The van der Waals surface area contributed by atoms with Gasteiger partial charge in [0.25, 0.3) is 5.91 Å². The molecule has 3 aromatic rings. The van der Waals surface area contributed by atoms with Gasteiger partial charge in [-0.25, -0.2) is 4.79 Å². The van der Waals surface area contributed by atoms with Gasteiger partial charge in [-0.05, 0) is 64.0 Å². The van der Waals surface area contributed by atoms with E-state index < -0.39 is 11.9 Å². The van der Waals surface area contributed by atoms with Crippen LogP contribution in [-0.4, -0.2) is 44.4 Å². The summed E-state index contributed by atoms with van der Waals surface area (Å²) in [5, 5.41) is 14.7. The molecule has 0 bridgehead atoms. The van der Waals surface area contributed by atoms with E-state index in [0.717, 1.165) is 35.6 Å². The van der Waals surface area contributed by atoms with Crippen LogP contribution in [0.1, 0.15) is 70.1 Å². The van der Waals surface area contributed by atoms with Crippen LogP contribution in [0.25, 0.3) is 11.4 Å². The van der Waals surface area contributed by atoms with Gasteiger partial charge < -0.3 is 20.4 Å². The zero-order valence-corrected chi connectivity index (χ0v) is 24.0. The molecule has 12 heteroatoms. The second kappa shape index (κ2) is 11.4. The smallest absolute Gasteiger partial charge is 0.341 e. The lowest BCUT2D eigenvalue weighted by atomic mass is 9.88. The quantitative estimate of drug-likeness (QED) is 0.280. The standard InChI is InChI=1S/C25H31N5O4S3/c1-6-30-22(16-10-35-17-9-13(4)7-8-15(16)17)28-29-25(30)36-11-18(31)27-23-19(24(33)34-12(2)3)14(5)20(37-23)21(26)32/h10,12-13H,6-9,11H2,1-5H3,(H2,26,32)(H,27,31). The Morgan fingerprint density at radius 1 is 1.32 bits per heavy atom. The van der Waals surface area contributed by atoms with Crippen molar-refractivity contribution in [2.75, 3.05) is 11.1 Å². The van der Waals surface area contributed by atoms with Crippen molar-refractivity contribution in [3.63, 3.8) is 0 Å². The number of nitrogens with two attached hydrogens (primary N) is 1. The molecule has 198 valence electrons. The zero-order chi connectivity index (χ0) is 26.9. The van der Waals surface area contributed by atoms with Crippen molar-refractivity contribution in [2.24, 2.45) is 11.7 Å². The third-order valence-electron chi connectivity index (χ3n) is 6.18. The summed E-state index contributed by atoms with van der Waals surface area (Å²) in [5.74, 6) is -0.0238. The summed E-state index contributed by atoms with van der Waals surface area (Å²) in [6.07, 6.45) is 2.97. The number of hydrogen-bond acceptors (Lipinski definition) is 9. The van der Waals surface area contributed by atoms with Crippen LogP contribution in [0.5, 0.6) is 0 Å². The van der Waals surface area contributed by atoms with Gasteiger partial charge in [0.15, 0.2) is 11.0 Å². The number of carbonyl (C=O) groups is 3. The van der Waals surface area contributed by atoms with Crippen LogP contribution in [0.15, 0.2) is 10.5 Å². The van der Waals surface area contributed by atoms with Gasteiger partial charge in [0.05, 0.1) is 22.3 Å². The molecule has 1 aliphatic carbocycles. The molecule has 0 fully saturated rings. The number of aromatic nitrogens is 3. The lowest BCUT2D eigenvalue weighted by molar-refractivity contribution is -0.113. The fraction of sp³-hybridized carbons (Fsp3) is 0.480. The van der Waals surface area contributed by atoms with Crippen LogP contribution >= 0.6 is 34.4 Å². The van der Waals surface area contributed by atoms with E-state index in [-0.39, 0.29) is 33.2 Å². The summed E-state index contributed by atoms with van der Waals surface area (Å²) >= 11 is 4.04. The summed E-state index contributed by atoms with van der Waals surface area (Å²) < 4.78 is 7.35. The summed E-state index contributed by atoms with van der Waals surface area (Å²) in [7, 11) is 0. The van der Waals surface area contributed by atoms with E-state index in [9.17, 15) is 14.4 Å². The molecule has 0 aromatic carbocycles. The summed E-state index contributed by atoms with van der Waals surface area (Å²) in [6.45, 7) is 10.1. The molecular formula is C25H31N5O4S3. The van der Waals surface area contributed by atoms with Gasteiger partial charge in [-0.1, -0.05) is 18.7 Å². The Balaban J connectivity index is 1.50. The molecule has 3 heterocycles. The Hall–Kier alpha value is -2.70. The molecule has 3 aromatic heterocycles. The molecule has 1 unspecified atom stereocenters. The number of nitrogens with one attached hydrogen (secondary N) is 1. The Morgan fingerprint density at radius 2 is 2.08 bits per heavy atom. The van der Waals surface area contributed by atoms with Crippen LogP contribution in [0, 0.1) is 12.8 Å². The van der Waals surface area contributed by atoms with E-state index in [2.05, 4.69) is 27.8 Å². The lowest BCUT2D eigenvalue weighted by Gasteiger charge is -2.19. The molecule has 3 N–H and O–H groups in total. The van der Waals surface area contributed by atoms with E-state index in [1.807, 2.05) is 11.5 Å². The minimum atomic E-state index is -0.662.